The van der Waals surface area contributed by atoms with Crippen LogP contribution >= 0.6 is 11.6 Å². The van der Waals surface area contributed by atoms with Gasteiger partial charge in [0.15, 0.2) is 5.38 Å². The third-order valence-electron chi connectivity index (χ3n) is 2.04. The van der Waals surface area contributed by atoms with Crippen LogP contribution in [-0.4, -0.2) is 30.1 Å². The van der Waals surface area contributed by atoms with Crippen LogP contribution in [0.3, 0.4) is 0 Å². The Balaban J connectivity index is 3.01. The fraction of sp³-hybridized carbons (Fsp3) is 0.333. The Kier molecular flexibility index (Phi) is 5.82. The molecule has 0 radical (unpaired) electrons. The molecular formula is C12H12ClF3N2O2. The van der Waals surface area contributed by atoms with Crippen LogP contribution in [0, 0.1) is 0 Å². The Bertz CT molecular complexity index is 477. The van der Waals surface area contributed by atoms with Gasteiger partial charge in [0.2, 0.25) is 0 Å². The van der Waals surface area contributed by atoms with E-state index in [1.165, 1.54) is 19.1 Å². The normalized spacial score (nSPS) is 13.8. The molecule has 0 bridgehead atoms. The Morgan fingerprint density at radius 1 is 1.40 bits per heavy atom. The highest BCUT2D eigenvalue weighted by molar-refractivity contribution is 6.33. The number of alkyl halides is 4. The third-order valence-corrected chi connectivity index (χ3v) is 2.49. The highest BCUT2D eigenvalue weighted by Crippen LogP contribution is 2.26. The first-order valence-electron chi connectivity index (χ1n) is 5.62. The number of hydrogen-bond donors (Lipinski definition) is 1. The Morgan fingerprint density at radius 3 is 2.50 bits per heavy atom. The largest absolute Gasteiger partial charge is 0.450 e. The Morgan fingerprint density at radius 2 is 2.00 bits per heavy atom. The molecule has 1 N–H and O–H groups in total. The van der Waals surface area contributed by atoms with Crippen LogP contribution in [0.2, 0.25) is 0 Å². The lowest BCUT2D eigenvalue weighted by molar-refractivity contribution is -0.118. The van der Waals surface area contributed by atoms with Gasteiger partial charge in [-0.3, -0.25) is 5.32 Å². The lowest BCUT2D eigenvalue weighted by atomic mass is 10.3. The van der Waals surface area contributed by atoms with Crippen molar-refractivity contribution in [3.8, 4) is 0 Å². The lowest BCUT2D eigenvalue weighted by Gasteiger charge is -2.16. The summed E-state index contributed by atoms with van der Waals surface area (Å²) >= 11 is 5.29. The summed E-state index contributed by atoms with van der Waals surface area (Å²) in [6, 6.07) is 7.83. The predicted octanol–water partition coefficient (Wildman–Crippen LogP) is 3.63. The smallest absolute Gasteiger partial charge is 0.412 e. The molecule has 1 rings (SSSR count). The van der Waals surface area contributed by atoms with E-state index >= 15 is 0 Å². The maximum atomic E-state index is 12.6. The minimum Gasteiger partial charge on any atom is -0.450 e. The second kappa shape index (κ2) is 7.14. The van der Waals surface area contributed by atoms with E-state index in [4.69, 9.17) is 11.6 Å². The van der Waals surface area contributed by atoms with E-state index in [1.807, 2.05) is 5.32 Å². The average molecular weight is 309 g/mol. The highest BCUT2D eigenvalue weighted by Gasteiger charge is 2.42. The van der Waals surface area contributed by atoms with E-state index in [0.29, 0.717) is 0 Å². The summed E-state index contributed by atoms with van der Waals surface area (Å²) in [6.45, 7) is 1.54. The number of para-hydroxylation sites is 1. The molecule has 20 heavy (non-hydrogen) atoms. The molecule has 0 aromatic heterocycles. The number of alkyl carbamates (subject to hydrolysis) is 1. The summed E-state index contributed by atoms with van der Waals surface area (Å²) in [4.78, 5) is 14.9. The van der Waals surface area contributed by atoms with Gasteiger partial charge in [0.05, 0.1) is 12.3 Å². The molecule has 0 spiro atoms. The molecule has 0 aliphatic carbocycles. The van der Waals surface area contributed by atoms with Crippen molar-refractivity contribution < 1.29 is 22.7 Å². The molecule has 4 nitrogen and oxygen atoms in total. The lowest BCUT2D eigenvalue weighted by Crippen LogP contribution is -2.43. The van der Waals surface area contributed by atoms with Crippen LogP contribution in [0.1, 0.15) is 6.92 Å². The molecule has 1 amide bonds. The molecule has 1 aromatic rings. The number of aliphatic imine (C=N–C) groups is 1. The van der Waals surface area contributed by atoms with Crippen molar-refractivity contribution in [1.82, 2.24) is 5.32 Å². The van der Waals surface area contributed by atoms with Gasteiger partial charge in [0, 0.05) is 0 Å². The molecule has 0 heterocycles. The number of ether oxygens (including phenoxy) is 1. The van der Waals surface area contributed by atoms with Crippen molar-refractivity contribution in [1.29, 1.82) is 0 Å². The molecular weight excluding hydrogens is 297 g/mol. The van der Waals surface area contributed by atoms with Crippen molar-refractivity contribution in [2.24, 2.45) is 4.99 Å². The summed E-state index contributed by atoms with van der Waals surface area (Å²) in [5.41, 5.74) is 0.231. The minimum absolute atomic E-state index is 0.0173. The van der Waals surface area contributed by atoms with Crippen LogP contribution in [0.25, 0.3) is 0 Å². The third kappa shape index (κ3) is 5.08. The quantitative estimate of drug-likeness (QED) is 0.526. The average Bonchev–Trinajstić information content (AvgIpc) is 2.37. The van der Waals surface area contributed by atoms with Gasteiger partial charge >= 0.3 is 12.3 Å². The van der Waals surface area contributed by atoms with Gasteiger partial charge in [0.1, 0.15) is 5.84 Å². The summed E-state index contributed by atoms with van der Waals surface area (Å²) in [5, 5.41) is -0.528. The summed E-state index contributed by atoms with van der Waals surface area (Å²) in [5.74, 6) is -0.733. The van der Waals surface area contributed by atoms with Crippen LogP contribution in [-0.2, 0) is 4.74 Å². The number of amidine groups is 1. The van der Waals surface area contributed by atoms with E-state index in [2.05, 4.69) is 9.73 Å². The Labute approximate surface area is 118 Å². The van der Waals surface area contributed by atoms with Gasteiger partial charge < -0.3 is 4.74 Å². The SMILES string of the molecule is CCOC(=O)NC(=Nc1ccccc1)C(Cl)C(F)(F)F. The Hall–Kier alpha value is -1.76. The van der Waals surface area contributed by atoms with E-state index in [-0.39, 0.29) is 12.3 Å². The zero-order valence-corrected chi connectivity index (χ0v) is 11.2. The van der Waals surface area contributed by atoms with Crippen molar-refractivity contribution in [3.05, 3.63) is 30.3 Å². The molecule has 8 heteroatoms. The number of hydrogen-bond acceptors (Lipinski definition) is 3. The number of benzene rings is 1. The van der Waals surface area contributed by atoms with Crippen LogP contribution in [0.4, 0.5) is 23.7 Å². The maximum absolute atomic E-state index is 12.6. The fourth-order valence-corrected chi connectivity index (χ4v) is 1.32. The molecule has 0 aliphatic rings. The van der Waals surface area contributed by atoms with Crippen molar-refractivity contribution in [2.75, 3.05) is 6.61 Å². The number of nitrogens with zero attached hydrogens (tertiary/aromatic N) is 1. The van der Waals surface area contributed by atoms with Crippen LogP contribution < -0.4 is 5.32 Å². The van der Waals surface area contributed by atoms with Crippen molar-refractivity contribution >= 4 is 29.2 Å². The zero-order valence-electron chi connectivity index (χ0n) is 10.4. The first-order chi connectivity index (χ1) is 9.34. The predicted molar refractivity (Wildman–Crippen MR) is 69.4 cm³/mol. The molecule has 0 aliphatic heterocycles. The number of amides is 1. The monoisotopic (exact) mass is 308 g/mol. The summed E-state index contributed by atoms with van der Waals surface area (Å²) in [7, 11) is 0. The first-order valence-corrected chi connectivity index (χ1v) is 6.06. The topological polar surface area (TPSA) is 50.7 Å². The number of halogens is 4. The second-order valence-corrected chi connectivity index (χ2v) is 4.02. The van der Waals surface area contributed by atoms with Gasteiger partial charge in [-0.15, -0.1) is 11.6 Å². The number of carbonyl (C=O) groups excluding carboxylic acids is 1. The number of carbonyl (C=O) groups is 1. The first kappa shape index (κ1) is 16.3. The summed E-state index contributed by atoms with van der Waals surface area (Å²) < 4.78 is 42.4. The van der Waals surface area contributed by atoms with Crippen LogP contribution in [0.5, 0.6) is 0 Å². The molecule has 1 atom stereocenters. The minimum atomic E-state index is -4.74. The van der Waals surface area contributed by atoms with Gasteiger partial charge in [-0.25, -0.2) is 9.79 Å². The van der Waals surface area contributed by atoms with E-state index < -0.39 is 23.5 Å². The van der Waals surface area contributed by atoms with Gasteiger partial charge in [-0.2, -0.15) is 13.2 Å². The molecule has 0 saturated heterocycles. The van der Waals surface area contributed by atoms with Crippen molar-refractivity contribution in [2.45, 2.75) is 18.5 Å². The number of rotatable bonds is 3. The van der Waals surface area contributed by atoms with E-state index in [1.54, 1.807) is 18.2 Å². The fourth-order valence-electron chi connectivity index (χ4n) is 1.22. The molecule has 1 aromatic carbocycles. The van der Waals surface area contributed by atoms with Gasteiger partial charge in [-0.1, -0.05) is 18.2 Å². The van der Waals surface area contributed by atoms with Gasteiger partial charge in [-0.05, 0) is 19.1 Å². The number of nitrogens with one attached hydrogen (secondary N) is 1. The zero-order chi connectivity index (χ0) is 15.2. The molecule has 1 unspecified atom stereocenters. The summed E-state index contributed by atoms with van der Waals surface area (Å²) in [6.07, 6.45) is -5.79. The standard InChI is InChI=1S/C12H12ClF3N2O2/c1-2-20-11(19)18-10(9(13)12(14,15)16)17-8-6-4-3-5-7-8/h3-7,9H,2H2,1H3,(H,17,18,19). The second-order valence-electron chi connectivity index (χ2n) is 3.58. The van der Waals surface area contributed by atoms with E-state index in [0.717, 1.165) is 0 Å². The molecule has 110 valence electrons. The molecule has 0 fully saturated rings. The van der Waals surface area contributed by atoms with E-state index in [9.17, 15) is 18.0 Å². The van der Waals surface area contributed by atoms with Crippen molar-refractivity contribution in [3.63, 3.8) is 0 Å². The van der Waals surface area contributed by atoms with Crippen LogP contribution in [0.15, 0.2) is 35.3 Å². The maximum Gasteiger partial charge on any atom is 0.412 e. The highest BCUT2D eigenvalue weighted by atomic mass is 35.5. The van der Waals surface area contributed by atoms with Gasteiger partial charge in [0.25, 0.3) is 0 Å². The molecule has 0 saturated carbocycles.